The molecule has 0 spiro atoms. The molecule has 0 aromatic heterocycles. The maximum absolute atomic E-state index is 13.4. The third kappa shape index (κ3) is 2.44. The molecular formula is C10H12BrF2NO2. The lowest BCUT2D eigenvalue weighted by molar-refractivity contribution is 0.00495. The van der Waals surface area contributed by atoms with Crippen LogP contribution in [0.5, 0.6) is 11.5 Å². The average Bonchev–Trinajstić information content (AvgIpc) is 2.28. The van der Waals surface area contributed by atoms with Crippen molar-refractivity contribution in [3.63, 3.8) is 0 Å². The lowest BCUT2D eigenvalue weighted by atomic mass is 10.1. The van der Waals surface area contributed by atoms with E-state index < -0.39 is 12.5 Å². The molecule has 0 atom stereocenters. The third-order valence-electron chi connectivity index (χ3n) is 2.12. The van der Waals surface area contributed by atoms with Gasteiger partial charge in [0.15, 0.2) is 11.5 Å². The van der Waals surface area contributed by atoms with Crippen LogP contribution in [-0.2, 0) is 5.92 Å². The molecule has 0 bridgehead atoms. The molecule has 0 unspecified atom stereocenters. The Morgan fingerprint density at radius 1 is 1.25 bits per heavy atom. The minimum Gasteiger partial charge on any atom is -0.493 e. The molecule has 90 valence electrons. The molecule has 1 aromatic carbocycles. The van der Waals surface area contributed by atoms with Crippen LogP contribution in [0, 0.1) is 0 Å². The van der Waals surface area contributed by atoms with Crippen LogP contribution >= 0.6 is 15.9 Å². The van der Waals surface area contributed by atoms with E-state index in [1.165, 1.54) is 26.4 Å². The minimum absolute atomic E-state index is 0.215. The summed E-state index contributed by atoms with van der Waals surface area (Å²) in [6.45, 7) is -0.763. The first-order valence-electron chi connectivity index (χ1n) is 4.46. The van der Waals surface area contributed by atoms with Crippen LogP contribution in [0.25, 0.3) is 0 Å². The summed E-state index contributed by atoms with van der Waals surface area (Å²) in [6.07, 6.45) is 0. The van der Waals surface area contributed by atoms with Gasteiger partial charge in [-0.2, -0.15) is 8.78 Å². The Morgan fingerprint density at radius 2 is 1.75 bits per heavy atom. The van der Waals surface area contributed by atoms with E-state index in [9.17, 15) is 8.78 Å². The fourth-order valence-corrected chi connectivity index (χ4v) is 1.86. The summed E-state index contributed by atoms with van der Waals surface area (Å²) in [5.74, 6) is -2.47. The first-order valence-corrected chi connectivity index (χ1v) is 5.25. The highest BCUT2D eigenvalue weighted by Gasteiger charge is 2.33. The lowest BCUT2D eigenvalue weighted by Crippen LogP contribution is -2.25. The predicted molar refractivity (Wildman–Crippen MR) is 60.2 cm³/mol. The smallest absolute Gasteiger partial charge is 0.286 e. The van der Waals surface area contributed by atoms with Crippen molar-refractivity contribution in [3.05, 3.63) is 22.2 Å². The van der Waals surface area contributed by atoms with Gasteiger partial charge >= 0.3 is 0 Å². The Bertz CT molecular complexity index is 385. The third-order valence-corrected chi connectivity index (χ3v) is 2.78. The summed E-state index contributed by atoms with van der Waals surface area (Å²) in [5.41, 5.74) is 4.81. The highest BCUT2D eigenvalue weighted by Crippen LogP contribution is 2.40. The molecular weight excluding hydrogens is 284 g/mol. The van der Waals surface area contributed by atoms with Gasteiger partial charge in [0.05, 0.1) is 20.8 Å². The molecule has 16 heavy (non-hydrogen) atoms. The van der Waals surface area contributed by atoms with Crippen molar-refractivity contribution in [3.8, 4) is 11.5 Å². The summed E-state index contributed by atoms with van der Waals surface area (Å²) in [5, 5.41) is 0. The monoisotopic (exact) mass is 295 g/mol. The molecule has 0 aliphatic heterocycles. The SMILES string of the molecule is COc1cc(Br)c(C(F)(F)CN)cc1OC. The molecule has 1 rings (SSSR count). The van der Waals surface area contributed by atoms with E-state index in [2.05, 4.69) is 15.9 Å². The van der Waals surface area contributed by atoms with E-state index in [1.807, 2.05) is 0 Å². The van der Waals surface area contributed by atoms with Crippen LogP contribution in [0.2, 0.25) is 0 Å². The van der Waals surface area contributed by atoms with E-state index in [4.69, 9.17) is 15.2 Å². The maximum Gasteiger partial charge on any atom is 0.286 e. The number of halogens is 3. The van der Waals surface area contributed by atoms with Gasteiger partial charge in [0.2, 0.25) is 0 Å². The van der Waals surface area contributed by atoms with Crippen molar-refractivity contribution in [2.75, 3.05) is 20.8 Å². The largest absolute Gasteiger partial charge is 0.493 e. The van der Waals surface area contributed by atoms with Crippen LogP contribution < -0.4 is 15.2 Å². The zero-order valence-corrected chi connectivity index (χ0v) is 10.5. The summed E-state index contributed by atoms with van der Waals surface area (Å²) in [4.78, 5) is 0. The van der Waals surface area contributed by atoms with E-state index in [0.29, 0.717) is 5.75 Å². The first kappa shape index (κ1) is 13.2. The van der Waals surface area contributed by atoms with Gasteiger partial charge in [-0.15, -0.1) is 0 Å². The van der Waals surface area contributed by atoms with Crippen molar-refractivity contribution >= 4 is 15.9 Å². The Morgan fingerprint density at radius 3 is 2.19 bits per heavy atom. The van der Waals surface area contributed by atoms with Crippen LogP contribution in [0.4, 0.5) is 8.78 Å². The second kappa shape index (κ2) is 4.97. The summed E-state index contributed by atoms with van der Waals surface area (Å²) < 4.78 is 37.1. The molecule has 0 aliphatic carbocycles. The number of ether oxygens (including phenoxy) is 2. The molecule has 3 nitrogen and oxygen atoms in total. The molecule has 0 heterocycles. The Hall–Kier alpha value is -0.880. The van der Waals surface area contributed by atoms with Gasteiger partial charge in [0.1, 0.15) is 0 Å². The van der Waals surface area contributed by atoms with Crippen LogP contribution in [0.3, 0.4) is 0 Å². The van der Waals surface area contributed by atoms with Crippen molar-refractivity contribution in [1.29, 1.82) is 0 Å². The van der Waals surface area contributed by atoms with Gasteiger partial charge in [-0.3, -0.25) is 0 Å². The Labute approximate surface area is 101 Å². The summed E-state index contributed by atoms with van der Waals surface area (Å²) in [7, 11) is 2.82. The number of nitrogens with two attached hydrogens (primary N) is 1. The molecule has 0 aliphatic rings. The number of alkyl halides is 2. The summed E-state index contributed by atoms with van der Waals surface area (Å²) in [6, 6.07) is 2.65. The Kier molecular flexibility index (Phi) is 4.09. The van der Waals surface area contributed by atoms with Crippen LogP contribution in [0.1, 0.15) is 5.56 Å². The van der Waals surface area contributed by atoms with Crippen LogP contribution in [-0.4, -0.2) is 20.8 Å². The van der Waals surface area contributed by atoms with E-state index in [-0.39, 0.29) is 15.8 Å². The van der Waals surface area contributed by atoms with Gasteiger partial charge < -0.3 is 15.2 Å². The Balaban J connectivity index is 3.32. The molecule has 0 fully saturated rings. The van der Waals surface area contributed by atoms with Crippen molar-refractivity contribution in [1.82, 2.24) is 0 Å². The van der Waals surface area contributed by atoms with Crippen LogP contribution in [0.15, 0.2) is 16.6 Å². The van der Waals surface area contributed by atoms with Gasteiger partial charge in [-0.1, -0.05) is 15.9 Å². The zero-order valence-electron chi connectivity index (χ0n) is 8.89. The molecule has 0 radical (unpaired) electrons. The number of methoxy groups -OCH3 is 2. The standard InChI is InChI=1S/C10H12BrF2NO2/c1-15-8-3-6(10(12,13)5-14)7(11)4-9(8)16-2/h3-4H,5,14H2,1-2H3. The van der Waals surface area contributed by atoms with Gasteiger partial charge in [0.25, 0.3) is 5.92 Å². The zero-order chi connectivity index (χ0) is 12.3. The topological polar surface area (TPSA) is 44.5 Å². The predicted octanol–water partition coefficient (Wildman–Crippen LogP) is 2.52. The van der Waals surface area contributed by atoms with E-state index >= 15 is 0 Å². The van der Waals surface area contributed by atoms with Crippen molar-refractivity contribution < 1.29 is 18.3 Å². The minimum atomic E-state index is -3.10. The number of benzene rings is 1. The van der Waals surface area contributed by atoms with Gasteiger partial charge in [-0.25, -0.2) is 0 Å². The number of hydrogen-bond donors (Lipinski definition) is 1. The highest BCUT2D eigenvalue weighted by atomic mass is 79.9. The number of rotatable bonds is 4. The van der Waals surface area contributed by atoms with E-state index in [0.717, 1.165) is 0 Å². The molecule has 1 aromatic rings. The lowest BCUT2D eigenvalue weighted by Gasteiger charge is -2.18. The summed E-state index contributed by atoms with van der Waals surface area (Å²) >= 11 is 3.06. The first-order chi connectivity index (χ1) is 7.46. The molecule has 0 saturated heterocycles. The average molecular weight is 296 g/mol. The fourth-order valence-electron chi connectivity index (χ4n) is 1.24. The normalized spacial score (nSPS) is 11.4. The number of hydrogen-bond acceptors (Lipinski definition) is 3. The molecule has 6 heteroatoms. The molecule has 0 amide bonds. The van der Waals surface area contributed by atoms with Crippen molar-refractivity contribution in [2.24, 2.45) is 5.73 Å². The van der Waals surface area contributed by atoms with Crippen molar-refractivity contribution in [2.45, 2.75) is 5.92 Å². The highest BCUT2D eigenvalue weighted by molar-refractivity contribution is 9.10. The fraction of sp³-hybridized carbons (Fsp3) is 0.400. The van der Waals surface area contributed by atoms with E-state index in [1.54, 1.807) is 0 Å². The second-order valence-electron chi connectivity index (χ2n) is 3.10. The van der Waals surface area contributed by atoms with Gasteiger partial charge in [-0.05, 0) is 12.1 Å². The quantitative estimate of drug-likeness (QED) is 0.928. The molecule has 2 N–H and O–H groups in total. The van der Waals surface area contributed by atoms with Gasteiger partial charge in [0, 0.05) is 10.0 Å². The second-order valence-corrected chi connectivity index (χ2v) is 3.95. The maximum atomic E-state index is 13.4. The molecule has 0 saturated carbocycles.